The van der Waals surface area contributed by atoms with Gasteiger partial charge in [-0.25, -0.2) is 9.13 Å². The van der Waals surface area contributed by atoms with Crippen LogP contribution in [0.1, 0.15) is 273 Å². The Morgan fingerprint density at radius 2 is 0.605 bits per heavy atom. The van der Waals surface area contributed by atoms with Gasteiger partial charge in [0.1, 0.15) is 19.3 Å². The summed E-state index contributed by atoms with van der Waals surface area (Å²) in [5, 5.41) is 10.5. The molecule has 76 heavy (non-hydrogen) atoms. The largest absolute Gasteiger partial charge is 0.472 e. The first-order valence-electron chi connectivity index (χ1n) is 30.0. The highest BCUT2D eigenvalue weighted by Crippen LogP contribution is 2.45. The van der Waals surface area contributed by atoms with Gasteiger partial charge in [0.15, 0.2) is 12.2 Å². The molecule has 0 amide bonds. The molecule has 0 spiro atoms. The molecular weight excluding hydrogens is 1020 g/mol. The highest BCUT2D eigenvalue weighted by atomic mass is 31.2. The van der Waals surface area contributed by atoms with Gasteiger partial charge in [-0.2, -0.15) is 0 Å². The molecule has 3 N–H and O–H groups in total. The number of carbonyl (C=O) groups is 4. The Hall–Kier alpha value is -1.94. The van der Waals surface area contributed by atoms with Crippen LogP contribution in [0.15, 0.2) is 0 Å². The first kappa shape index (κ1) is 74.1. The zero-order valence-electron chi connectivity index (χ0n) is 48.5. The summed E-state index contributed by atoms with van der Waals surface area (Å²) in [6.07, 6.45) is 29.9. The molecule has 0 saturated carbocycles. The third kappa shape index (κ3) is 51.5. The van der Waals surface area contributed by atoms with Crippen LogP contribution in [0, 0.1) is 11.8 Å². The lowest BCUT2D eigenvalue weighted by Crippen LogP contribution is -2.30. The van der Waals surface area contributed by atoms with Crippen molar-refractivity contribution in [3.63, 3.8) is 0 Å². The van der Waals surface area contributed by atoms with E-state index < -0.39 is 97.5 Å². The number of ether oxygens (including phenoxy) is 4. The number of esters is 4. The predicted molar refractivity (Wildman–Crippen MR) is 298 cm³/mol. The molecule has 19 heteroatoms. The van der Waals surface area contributed by atoms with E-state index in [0.29, 0.717) is 37.5 Å². The van der Waals surface area contributed by atoms with Gasteiger partial charge in [0, 0.05) is 25.7 Å². The third-order valence-electron chi connectivity index (χ3n) is 13.0. The molecule has 0 aliphatic rings. The average Bonchev–Trinajstić information content (AvgIpc) is 3.37. The molecule has 450 valence electrons. The van der Waals surface area contributed by atoms with Crippen LogP contribution < -0.4 is 0 Å². The number of phosphoric ester groups is 2. The van der Waals surface area contributed by atoms with Gasteiger partial charge in [0.05, 0.1) is 26.4 Å². The second-order valence-electron chi connectivity index (χ2n) is 21.6. The van der Waals surface area contributed by atoms with Crippen molar-refractivity contribution in [1.29, 1.82) is 0 Å². The summed E-state index contributed by atoms with van der Waals surface area (Å²) >= 11 is 0. The Labute approximate surface area is 460 Å². The average molecular weight is 1130 g/mol. The molecule has 17 nitrogen and oxygen atoms in total. The molecule has 0 radical (unpaired) electrons. The van der Waals surface area contributed by atoms with Crippen LogP contribution >= 0.6 is 15.6 Å². The molecule has 0 bridgehead atoms. The topological polar surface area (TPSA) is 237 Å². The van der Waals surface area contributed by atoms with E-state index in [2.05, 4.69) is 41.5 Å². The highest BCUT2D eigenvalue weighted by molar-refractivity contribution is 7.47. The zero-order chi connectivity index (χ0) is 56.6. The Kier molecular flexibility index (Phi) is 48.8. The summed E-state index contributed by atoms with van der Waals surface area (Å²) in [5.74, 6) is -0.784. The first-order valence-corrected chi connectivity index (χ1v) is 33.0. The van der Waals surface area contributed by atoms with Crippen LogP contribution in [0.2, 0.25) is 0 Å². The van der Waals surface area contributed by atoms with Crippen LogP contribution in [-0.4, -0.2) is 96.7 Å². The molecule has 0 fully saturated rings. The minimum Gasteiger partial charge on any atom is -0.462 e. The molecule has 0 aliphatic carbocycles. The number of phosphoric acid groups is 2. The smallest absolute Gasteiger partial charge is 0.462 e. The molecule has 0 aromatic carbocycles. The van der Waals surface area contributed by atoms with Gasteiger partial charge in [-0.1, -0.05) is 221 Å². The van der Waals surface area contributed by atoms with Gasteiger partial charge >= 0.3 is 39.5 Å². The third-order valence-corrected chi connectivity index (χ3v) is 14.9. The van der Waals surface area contributed by atoms with Crippen molar-refractivity contribution in [2.45, 2.75) is 291 Å². The number of rotatable bonds is 56. The van der Waals surface area contributed by atoms with E-state index in [0.717, 1.165) is 103 Å². The summed E-state index contributed by atoms with van der Waals surface area (Å²) in [6, 6.07) is 0. The van der Waals surface area contributed by atoms with Crippen molar-refractivity contribution < 1.29 is 80.2 Å². The maximum absolute atomic E-state index is 12.9. The minimum absolute atomic E-state index is 0.101. The van der Waals surface area contributed by atoms with Crippen molar-refractivity contribution in [2.75, 3.05) is 39.6 Å². The van der Waals surface area contributed by atoms with Crippen molar-refractivity contribution in [3.05, 3.63) is 0 Å². The summed E-state index contributed by atoms with van der Waals surface area (Å²) in [4.78, 5) is 71.6. The maximum atomic E-state index is 12.9. The molecule has 0 aromatic heterocycles. The number of aliphatic hydroxyl groups excluding tert-OH is 1. The second kappa shape index (κ2) is 50.1. The number of hydrogen-bond donors (Lipinski definition) is 3. The van der Waals surface area contributed by atoms with Crippen LogP contribution in [0.25, 0.3) is 0 Å². The lowest BCUT2D eigenvalue weighted by Gasteiger charge is -2.21. The summed E-state index contributed by atoms with van der Waals surface area (Å²) in [6.45, 7) is 9.20. The lowest BCUT2D eigenvalue weighted by molar-refractivity contribution is -0.161. The quantitative estimate of drug-likeness (QED) is 0.0222. The fraction of sp³-hybridized carbons (Fsp3) is 0.930. The first-order chi connectivity index (χ1) is 36.4. The molecule has 0 rings (SSSR count). The second-order valence-corrected chi connectivity index (χ2v) is 24.5. The van der Waals surface area contributed by atoms with Gasteiger partial charge in [0.2, 0.25) is 0 Å². The molecule has 0 aromatic rings. The van der Waals surface area contributed by atoms with Crippen LogP contribution in [0.4, 0.5) is 0 Å². The SMILES string of the molecule is CCCCCCCCCCCCCCC(=O)O[C@H](COC(=O)CCCCCCCCCC(C)C)COP(=O)(O)OC[C@@H](O)COP(=O)(O)OC[C@@H](COC(=O)CCCCCCC)OC(=O)CCCCCCCCC(C)C. The van der Waals surface area contributed by atoms with Crippen LogP contribution in [0.5, 0.6) is 0 Å². The lowest BCUT2D eigenvalue weighted by atomic mass is 10.0. The Morgan fingerprint density at radius 1 is 0.355 bits per heavy atom. The molecule has 0 heterocycles. The molecular formula is C57H110O17P2. The standard InChI is InChI=1S/C57H110O17P2/c1-7-9-11-13-14-15-16-17-18-21-29-35-41-56(61)73-53(46-68-55(60)40-34-28-22-19-20-26-31-37-49(3)4)48-72-76(65,66)70-44-51(58)43-69-75(63,64)71-47-52(45-67-54(59)39-33-25-12-10-8-2)74-57(62)42-36-30-24-23-27-32-38-50(5)6/h49-53,58H,7-48H2,1-6H3,(H,63,64)(H,65,66)/t51-,52+,53+/m0/s1. The van der Waals surface area contributed by atoms with Gasteiger partial charge in [-0.15, -0.1) is 0 Å². The zero-order valence-corrected chi connectivity index (χ0v) is 50.3. The number of aliphatic hydroxyl groups is 1. The fourth-order valence-corrected chi connectivity index (χ4v) is 9.87. The Balaban J connectivity index is 5.19. The van der Waals surface area contributed by atoms with Crippen molar-refractivity contribution >= 4 is 39.5 Å². The van der Waals surface area contributed by atoms with Crippen molar-refractivity contribution in [1.82, 2.24) is 0 Å². The summed E-state index contributed by atoms with van der Waals surface area (Å²) < 4.78 is 67.4. The van der Waals surface area contributed by atoms with Gasteiger partial charge in [-0.05, 0) is 37.5 Å². The van der Waals surface area contributed by atoms with Crippen molar-refractivity contribution in [2.24, 2.45) is 11.8 Å². The highest BCUT2D eigenvalue weighted by Gasteiger charge is 2.30. The van der Waals surface area contributed by atoms with Crippen LogP contribution in [0.3, 0.4) is 0 Å². The van der Waals surface area contributed by atoms with E-state index in [1.807, 2.05) is 0 Å². The van der Waals surface area contributed by atoms with E-state index in [9.17, 15) is 43.2 Å². The Bertz CT molecular complexity index is 1510. The summed E-state index contributed by atoms with van der Waals surface area (Å²) in [5.41, 5.74) is 0. The number of unbranched alkanes of at least 4 members (excludes halogenated alkanes) is 26. The molecule has 0 saturated heterocycles. The van der Waals surface area contributed by atoms with Crippen molar-refractivity contribution in [3.8, 4) is 0 Å². The fourth-order valence-electron chi connectivity index (χ4n) is 8.29. The van der Waals surface area contributed by atoms with Gasteiger partial charge < -0.3 is 33.8 Å². The van der Waals surface area contributed by atoms with E-state index in [1.54, 1.807) is 0 Å². The van der Waals surface area contributed by atoms with E-state index in [4.69, 9.17) is 37.0 Å². The maximum Gasteiger partial charge on any atom is 0.472 e. The molecule has 5 atom stereocenters. The van der Waals surface area contributed by atoms with Gasteiger partial charge in [-0.3, -0.25) is 37.3 Å². The van der Waals surface area contributed by atoms with E-state index >= 15 is 0 Å². The predicted octanol–water partition coefficient (Wildman–Crippen LogP) is 14.9. The minimum atomic E-state index is -4.93. The Morgan fingerprint density at radius 3 is 0.895 bits per heavy atom. The van der Waals surface area contributed by atoms with E-state index in [-0.39, 0.29) is 25.7 Å². The molecule has 2 unspecified atom stereocenters. The number of carbonyl (C=O) groups excluding carboxylic acids is 4. The summed E-state index contributed by atoms with van der Waals surface area (Å²) in [7, 11) is -9.86. The van der Waals surface area contributed by atoms with Crippen LogP contribution in [-0.2, 0) is 65.4 Å². The number of hydrogen-bond acceptors (Lipinski definition) is 15. The van der Waals surface area contributed by atoms with E-state index in [1.165, 1.54) is 77.0 Å². The normalized spacial score (nSPS) is 14.5. The molecule has 0 aliphatic heterocycles. The van der Waals surface area contributed by atoms with Gasteiger partial charge in [0.25, 0.3) is 0 Å². The monoisotopic (exact) mass is 1130 g/mol.